The first kappa shape index (κ1) is 15.4. The summed E-state index contributed by atoms with van der Waals surface area (Å²) in [7, 11) is 0. The van der Waals surface area contributed by atoms with E-state index in [1.165, 1.54) is 90.0 Å². The molecular formula is C18H35N. The van der Waals surface area contributed by atoms with Crippen LogP contribution in [0.2, 0.25) is 0 Å². The highest BCUT2D eigenvalue weighted by molar-refractivity contribution is 4.78. The van der Waals surface area contributed by atoms with E-state index in [1.54, 1.807) is 0 Å². The molecule has 2 aliphatic rings. The minimum atomic E-state index is 0.827. The SMILES string of the molecule is CCCNC1CCCCC(C2CCCCCC2)CC1. The third-order valence-corrected chi connectivity index (χ3v) is 5.51. The van der Waals surface area contributed by atoms with Gasteiger partial charge in [-0.2, -0.15) is 0 Å². The van der Waals surface area contributed by atoms with E-state index in [2.05, 4.69) is 12.2 Å². The molecule has 0 aromatic rings. The fraction of sp³-hybridized carbons (Fsp3) is 1.00. The molecule has 1 N–H and O–H groups in total. The van der Waals surface area contributed by atoms with E-state index in [0.717, 1.165) is 17.9 Å². The van der Waals surface area contributed by atoms with Crippen molar-refractivity contribution < 1.29 is 0 Å². The maximum absolute atomic E-state index is 3.77. The molecule has 0 saturated heterocycles. The first-order chi connectivity index (χ1) is 9.40. The summed E-state index contributed by atoms with van der Waals surface area (Å²) in [5.74, 6) is 2.14. The second-order valence-corrected chi connectivity index (χ2v) is 7.02. The van der Waals surface area contributed by atoms with Crippen molar-refractivity contribution in [3.8, 4) is 0 Å². The Morgan fingerprint density at radius 3 is 1.95 bits per heavy atom. The van der Waals surface area contributed by atoms with E-state index in [9.17, 15) is 0 Å². The number of hydrogen-bond acceptors (Lipinski definition) is 1. The van der Waals surface area contributed by atoms with E-state index in [4.69, 9.17) is 0 Å². The van der Waals surface area contributed by atoms with Gasteiger partial charge in [0.25, 0.3) is 0 Å². The van der Waals surface area contributed by atoms with Crippen molar-refractivity contribution in [2.24, 2.45) is 11.8 Å². The highest BCUT2D eigenvalue weighted by Gasteiger charge is 2.24. The molecule has 1 nitrogen and oxygen atoms in total. The Bertz CT molecular complexity index is 216. The molecule has 2 unspecified atom stereocenters. The standard InChI is InChI=1S/C18H35N/c1-2-15-19-18-12-8-7-11-17(13-14-18)16-9-5-3-4-6-10-16/h16-19H,2-15H2,1H3. The Labute approximate surface area is 120 Å². The minimum Gasteiger partial charge on any atom is -0.314 e. The van der Waals surface area contributed by atoms with E-state index in [-0.39, 0.29) is 0 Å². The third kappa shape index (κ3) is 5.45. The predicted molar refractivity (Wildman–Crippen MR) is 84.5 cm³/mol. The quantitative estimate of drug-likeness (QED) is 0.681. The molecule has 0 amide bonds. The normalized spacial score (nSPS) is 31.4. The van der Waals surface area contributed by atoms with E-state index >= 15 is 0 Å². The van der Waals surface area contributed by atoms with Crippen LogP contribution in [0, 0.1) is 11.8 Å². The van der Waals surface area contributed by atoms with Crippen LogP contribution in [-0.2, 0) is 0 Å². The summed E-state index contributed by atoms with van der Waals surface area (Å²) in [6, 6.07) is 0.827. The van der Waals surface area contributed by atoms with Crippen LogP contribution in [0.1, 0.15) is 90.4 Å². The lowest BCUT2D eigenvalue weighted by Gasteiger charge is -2.31. The Morgan fingerprint density at radius 2 is 1.26 bits per heavy atom. The van der Waals surface area contributed by atoms with Crippen LogP contribution in [0.4, 0.5) is 0 Å². The maximum atomic E-state index is 3.77. The van der Waals surface area contributed by atoms with Crippen LogP contribution in [0.15, 0.2) is 0 Å². The Kier molecular flexibility index (Phi) is 7.27. The summed E-state index contributed by atoms with van der Waals surface area (Å²) in [6.07, 6.45) is 19.3. The minimum absolute atomic E-state index is 0.827. The molecule has 0 aromatic heterocycles. The fourth-order valence-electron chi connectivity index (χ4n) is 4.31. The topological polar surface area (TPSA) is 12.0 Å². The van der Waals surface area contributed by atoms with Crippen LogP contribution in [0.3, 0.4) is 0 Å². The van der Waals surface area contributed by atoms with Gasteiger partial charge in [-0.3, -0.25) is 0 Å². The molecule has 2 saturated carbocycles. The van der Waals surface area contributed by atoms with Gasteiger partial charge < -0.3 is 5.32 Å². The van der Waals surface area contributed by atoms with Crippen LogP contribution in [0.5, 0.6) is 0 Å². The van der Waals surface area contributed by atoms with Gasteiger partial charge in [-0.05, 0) is 44.1 Å². The molecule has 0 spiro atoms. The fourth-order valence-corrected chi connectivity index (χ4v) is 4.31. The van der Waals surface area contributed by atoms with Crippen LogP contribution in [-0.4, -0.2) is 12.6 Å². The molecule has 1 heteroatoms. The highest BCUT2D eigenvalue weighted by atomic mass is 14.9. The van der Waals surface area contributed by atoms with Crippen molar-refractivity contribution in [2.45, 2.75) is 96.4 Å². The van der Waals surface area contributed by atoms with Crippen LogP contribution < -0.4 is 5.32 Å². The van der Waals surface area contributed by atoms with Crippen molar-refractivity contribution in [3.05, 3.63) is 0 Å². The second-order valence-electron chi connectivity index (χ2n) is 7.02. The van der Waals surface area contributed by atoms with Gasteiger partial charge in [0.05, 0.1) is 0 Å². The van der Waals surface area contributed by atoms with Crippen LogP contribution >= 0.6 is 0 Å². The van der Waals surface area contributed by atoms with E-state index in [1.807, 2.05) is 0 Å². The summed E-state index contributed by atoms with van der Waals surface area (Å²) in [4.78, 5) is 0. The van der Waals surface area contributed by atoms with Gasteiger partial charge in [0.2, 0.25) is 0 Å². The lowest BCUT2D eigenvalue weighted by atomic mass is 9.77. The molecule has 112 valence electrons. The summed E-state index contributed by atoms with van der Waals surface area (Å²) in [6.45, 7) is 3.50. The highest BCUT2D eigenvalue weighted by Crippen LogP contribution is 2.36. The average molecular weight is 265 g/mol. The van der Waals surface area contributed by atoms with Crippen molar-refractivity contribution in [2.75, 3.05) is 6.54 Å². The predicted octanol–water partition coefficient (Wildman–Crippen LogP) is 5.30. The largest absolute Gasteiger partial charge is 0.314 e. The van der Waals surface area contributed by atoms with Crippen LogP contribution in [0.25, 0.3) is 0 Å². The molecule has 2 rings (SSSR count). The van der Waals surface area contributed by atoms with Gasteiger partial charge in [-0.1, -0.05) is 64.7 Å². The van der Waals surface area contributed by atoms with Crippen molar-refractivity contribution in [3.63, 3.8) is 0 Å². The number of rotatable bonds is 4. The Hall–Kier alpha value is -0.0400. The lowest BCUT2D eigenvalue weighted by molar-refractivity contribution is 0.226. The molecule has 0 bridgehead atoms. The Balaban J connectivity index is 1.79. The lowest BCUT2D eigenvalue weighted by Crippen LogP contribution is -2.32. The summed E-state index contributed by atoms with van der Waals surface area (Å²) in [5.41, 5.74) is 0. The number of hydrogen-bond donors (Lipinski definition) is 1. The molecule has 0 aromatic carbocycles. The molecule has 19 heavy (non-hydrogen) atoms. The molecule has 0 heterocycles. The van der Waals surface area contributed by atoms with E-state index < -0.39 is 0 Å². The van der Waals surface area contributed by atoms with Gasteiger partial charge in [0.15, 0.2) is 0 Å². The summed E-state index contributed by atoms with van der Waals surface area (Å²) < 4.78 is 0. The van der Waals surface area contributed by atoms with Crippen molar-refractivity contribution in [1.82, 2.24) is 5.32 Å². The molecular weight excluding hydrogens is 230 g/mol. The maximum Gasteiger partial charge on any atom is 0.00671 e. The third-order valence-electron chi connectivity index (χ3n) is 5.51. The number of nitrogens with one attached hydrogen (secondary N) is 1. The molecule has 0 radical (unpaired) electrons. The first-order valence-corrected chi connectivity index (χ1v) is 9.13. The van der Waals surface area contributed by atoms with Gasteiger partial charge in [0, 0.05) is 6.04 Å². The average Bonchev–Trinajstić information content (AvgIpc) is 2.67. The van der Waals surface area contributed by atoms with Crippen molar-refractivity contribution in [1.29, 1.82) is 0 Å². The van der Waals surface area contributed by atoms with Gasteiger partial charge in [-0.25, -0.2) is 0 Å². The molecule has 2 aliphatic carbocycles. The summed E-state index contributed by atoms with van der Waals surface area (Å²) >= 11 is 0. The second kappa shape index (κ2) is 9.00. The Morgan fingerprint density at radius 1 is 0.684 bits per heavy atom. The van der Waals surface area contributed by atoms with E-state index in [0.29, 0.717) is 0 Å². The monoisotopic (exact) mass is 265 g/mol. The zero-order chi connectivity index (χ0) is 13.3. The first-order valence-electron chi connectivity index (χ1n) is 9.13. The van der Waals surface area contributed by atoms with Gasteiger partial charge in [0.1, 0.15) is 0 Å². The van der Waals surface area contributed by atoms with Crippen molar-refractivity contribution >= 4 is 0 Å². The molecule has 2 atom stereocenters. The molecule has 0 aliphatic heterocycles. The van der Waals surface area contributed by atoms with Gasteiger partial charge >= 0.3 is 0 Å². The smallest absolute Gasteiger partial charge is 0.00671 e. The summed E-state index contributed by atoms with van der Waals surface area (Å²) in [5, 5.41) is 3.77. The van der Waals surface area contributed by atoms with Gasteiger partial charge in [-0.15, -0.1) is 0 Å². The zero-order valence-corrected chi connectivity index (χ0v) is 13.1. The molecule has 2 fully saturated rings. The zero-order valence-electron chi connectivity index (χ0n) is 13.1.